The summed E-state index contributed by atoms with van der Waals surface area (Å²) in [6.45, 7) is 1.45. The minimum absolute atomic E-state index is 0.145. The molecule has 0 aliphatic heterocycles. The zero-order valence-corrected chi connectivity index (χ0v) is 15.4. The van der Waals surface area contributed by atoms with Gasteiger partial charge in [-0.1, -0.05) is 12.1 Å². The van der Waals surface area contributed by atoms with Crippen LogP contribution in [-0.4, -0.2) is 29.0 Å². The molecule has 3 aromatic rings. The number of nitrogens with one attached hydrogen (secondary N) is 3. The largest absolute Gasteiger partial charge is 0.465 e. The van der Waals surface area contributed by atoms with Gasteiger partial charge in [0.25, 0.3) is 0 Å². The van der Waals surface area contributed by atoms with Crippen LogP contribution in [0.4, 0.5) is 28.8 Å². The lowest BCUT2D eigenvalue weighted by Gasteiger charge is -2.10. The van der Waals surface area contributed by atoms with Crippen molar-refractivity contribution in [1.82, 2.24) is 9.97 Å². The highest BCUT2D eigenvalue weighted by molar-refractivity contribution is 5.90. The molecule has 0 radical (unpaired) electrons. The summed E-state index contributed by atoms with van der Waals surface area (Å²) in [5, 5.41) is 8.95. The number of rotatable bonds is 6. The zero-order valence-electron chi connectivity index (χ0n) is 15.4. The Balaban J connectivity index is 1.74. The average Bonchev–Trinajstić information content (AvgIpc) is 2.67. The van der Waals surface area contributed by atoms with Crippen molar-refractivity contribution in [1.29, 1.82) is 0 Å². The van der Waals surface area contributed by atoms with E-state index in [9.17, 15) is 9.59 Å². The zero-order chi connectivity index (χ0) is 19.9. The maximum absolute atomic E-state index is 11.7. The lowest BCUT2D eigenvalue weighted by molar-refractivity contribution is -0.114. The molecule has 0 fully saturated rings. The molecule has 0 aliphatic carbocycles. The molecule has 0 saturated heterocycles. The predicted molar refractivity (Wildman–Crippen MR) is 107 cm³/mol. The third-order valence-corrected chi connectivity index (χ3v) is 3.65. The van der Waals surface area contributed by atoms with Crippen molar-refractivity contribution in [3.63, 3.8) is 0 Å². The fourth-order valence-corrected chi connectivity index (χ4v) is 2.49. The summed E-state index contributed by atoms with van der Waals surface area (Å²) in [5.41, 5.74) is 2.54. The van der Waals surface area contributed by atoms with Crippen LogP contribution in [-0.2, 0) is 9.53 Å². The number of hydrogen-bond donors (Lipinski definition) is 3. The quantitative estimate of drug-likeness (QED) is 0.562. The van der Waals surface area contributed by atoms with Gasteiger partial charge >= 0.3 is 5.97 Å². The van der Waals surface area contributed by atoms with Gasteiger partial charge in [-0.15, -0.1) is 0 Å². The number of aromatic nitrogens is 2. The van der Waals surface area contributed by atoms with Gasteiger partial charge in [-0.05, 0) is 42.5 Å². The maximum Gasteiger partial charge on any atom is 0.337 e. The Hall–Kier alpha value is -3.94. The minimum Gasteiger partial charge on any atom is -0.465 e. The Morgan fingerprint density at radius 3 is 2.39 bits per heavy atom. The molecule has 0 spiro atoms. The summed E-state index contributed by atoms with van der Waals surface area (Å²) in [6, 6.07) is 15.9. The van der Waals surface area contributed by atoms with Crippen molar-refractivity contribution >= 4 is 40.7 Å². The van der Waals surface area contributed by atoms with Gasteiger partial charge in [-0.3, -0.25) is 4.79 Å². The Bertz CT molecular complexity index is 1010. The molecule has 28 heavy (non-hydrogen) atoms. The number of anilines is 5. The third kappa shape index (κ3) is 5.04. The van der Waals surface area contributed by atoms with E-state index in [2.05, 4.69) is 25.9 Å². The molecule has 3 rings (SSSR count). The van der Waals surface area contributed by atoms with E-state index in [0.717, 1.165) is 5.69 Å². The number of hydrogen-bond acceptors (Lipinski definition) is 7. The van der Waals surface area contributed by atoms with Crippen molar-refractivity contribution in [2.75, 3.05) is 23.1 Å². The normalized spacial score (nSPS) is 10.1. The molecule has 142 valence electrons. The van der Waals surface area contributed by atoms with Gasteiger partial charge in [0.05, 0.1) is 12.7 Å². The topological polar surface area (TPSA) is 105 Å². The summed E-state index contributed by atoms with van der Waals surface area (Å²) in [7, 11) is 1.34. The first kappa shape index (κ1) is 18.8. The van der Waals surface area contributed by atoms with Gasteiger partial charge in [0.2, 0.25) is 11.9 Å². The lowest BCUT2D eigenvalue weighted by Crippen LogP contribution is -2.06. The van der Waals surface area contributed by atoms with E-state index in [1.165, 1.54) is 14.0 Å². The summed E-state index contributed by atoms with van der Waals surface area (Å²) in [5.74, 6) is 0.383. The second kappa shape index (κ2) is 8.63. The fourth-order valence-electron chi connectivity index (χ4n) is 2.49. The molecule has 0 saturated carbocycles. The molecular weight excluding hydrogens is 358 g/mol. The van der Waals surface area contributed by atoms with E-state index in [1.807, 2.05) is 18.2 Å². The van der Waals surface area contributed by atoms with Crippen LogP contribution in [0, 0.1) is 0 Å². The summed E-state index contributed by atoms with van der Waals surface area (Å²) < 4.78 is 4.73. The number of carbonyl (C=O) groups is 2. The standard InChI is InChI=1S/C20H19N5O3/c1-13(26)22-16-7-4-8-17(12-16)24-20-21-10-9-18(25-20)23-15-6-3-5-14(11-15)19(27)28-2/h3-12H,1-2H3,(H,22,26)(H2,21,23,24,25). The van der Waals surface area contributed by atoms with Crippen molar-refractivity contribution in [2.45, 2.75) is 6.92 Å². The Morgan fingerprint density at radius 2 is 1.64 bits per heavy atom. The second-order valence-corrected chi connectivity index (χ2v) is 5.85. The van der Waals surface area contributed by atoms with Gasteiger partial charge < -0.3 is 20.7 Å². The van der Waals surface area contributed by atoms with Crippen molar-refractivity contribution in [3.05, 3.63) is 66.4 Å². The number of benzene rings is 2. The van der Waals surface area contributed by atoms with Crippen LogP contribution in [0.5, 0.6) is 0 Å². The number of methoxy groups -OCH3 is 1. The number of amides is 1. The SMILES string of the molecule is COC(=O)c1cccc(Nc2ccnc(Nc3cccc(NC(C)=O)c3)n2)c1. The van der Waals surface area contributed by atoms with Crippen molar-refractivity contribution in [3.8, 4) is 0 Å². The van der Waals surface area contributed by atoms with Gasteiger partial charge in [0.1, 0.15) is 5.82 Å². The minimum atomic E-state index is -0.409. The van der Waals surface area contributed by atoms with Crippen LogP contribution < -0.4 is 16.0 Å². The first-order chi connectivity index (χ1) is 13.5. The highest BCUT2D eigenvalue weighted by Gasteiger charge is 2.07. The number of carbonyl (C=O) groups excluding carboxylic acids is 2. The molecule has 0 bridgehead atoms. The number of esters is 1. The Kier molecular flexibility index (Phi) is 5.81. The fraction of sp³-hybridized carbons (Fsp3) is 0.100. The molecule has 8 heteroatoms. The number of nitrogens with zero attached hydrogens (tertiary/aromatic N) is 2. The molecule has 1 amide bonds. The lowest BCUT2D eigenvalue weighted by atomic mass is 10.2. The van der Waals surface area contributed by atoms with Crippen LogP contribution >= 0.6 is 0 Å². The Morgan fingerprint density at radius 1 is 0.929 bits per heavy atom. The van der Waals surface area contributed by atoms with Crippen molar-refractivity contribution in [2.24, 2.45) is 0 Å². The third-order valence-electron chi connectivity index (χ3n) is 3.65. The molecule has 0 unspecified atom stereocenters. The number of ether oxygens (including phenoxy) is 1. The highest BCUT2D eigenvalue weighted by Crippen LogP contribution is 2.20. The van der Waals surface area contributed by atoms with E-state index in [-0.39, 0.29) is 5.91 Å². The molecular formula is C20H19N5O3. The van der Waals surface area contributed by atoms with Gasteiger partial charge in [0, 0.05) is 30.2 Å². The molecule has 0 atom stereocenters. The Labute approximate surface area is 162 Å². The van der Waals surface area contributed by atoms with Crippen molar-refractivity contribution < 1.29 is 14.3 Å². The first-order valence-corrected chi connectivity index (χ1v) is 8.46. The smallest absolute Gasteiger partial charge is 0.337 e. The molecule has 1 heterocycles. The molecule has 2 aromatic carbocycles. The second-order valence-electron chi connectivity index (χ2n) is 5.85. The van der Waals surface area contributed by atoms with Crippen LogP contribution in [0.25, 0.3) is 0 Å². The van der Waals surface area contributed by atoms with Gasteiger partial charge in [-0.25, -0.2) is 9.78 Å². The summed E-state index contributed by atoms with van der Waals surface area (Å²) in [4.78, 5) is 31.5. The molecule has 0 aliphatic rings. The molecule has 1 aromatic heterocycles. The van der Waals surface area contributed by atoms with E-state index in [0.29, 0.717) is 28.7 Å². The summed E-state index contributed by atoms with van der Waals surface area (Å²) >= 11 is 0. The first-order valence-electron chi connectivity index (χ1n) is 8.46. The maximum atomic E-state index is 11.7. The summed E-state index contributed by atoms with van der Waals surface area (Å²) in [6.07, 6.45) is 1.61. The van der Waals surface area contributed by atoms with Crippen LogP contribution in [0.3, 0.4) is 0 Å². The van der Waals surface area contributed by atoms with E-state index < -0.39 is 5.97 Å². The van der Waals surface area contributed by atoms with E-state index >= 15 is 0 Å². The molecule has 8 nitrogen and oxygen atoms in total. The molecule has 3 N–H and O–H groups in total. The highest BCUT2D eigenvalue weighted by atomic mass is 16.5. The van der Waals surface area contributed by atoms with Crippen LogP contribution in [0.1, 0.15) is 17.3 Å². The van der Waals surface area contributed by atoms with E-state index in [1.54, 1.807) is 42.6 Å². The van der Waals surface area contributed by atoms with Crippen LogP contribution in [0.2, 0.25) is 0 Å². The van der Waals surface area contributed by atoms with Crippen LogP contribution in [0.15, 0.2) is 60.8 Å². The van der Waals surface area contributed by atoms with Gasteiger partial charge in [0.15, 0.2) is 0 Å². The average molecular weight is 377 g/mol. The van der Waals surface area contributed by atoms with E-state index in [4.69, 9.17) is 4.74 Å². The monoisotopic (exact) mass is 377 g/mol. The predicted octanol–water partition coefficient (Wildman–Crippen LogP) is 3.71. The van der Waals surface area contributed by atoms with Gasteiger partial charge in [-0.2, -0.15) is 4.98 Å².